The third kappa shape index (κ3) is 5.92. The molecule has 1 aromatic heterocycles. The summed E-state index contributed by atoms with van der Waals surface area (Å²) in [6.45, 7) is 16.0. The normalized spacial score (nSPS) is 14.5. The smallest absolute Gasteiger partial charge is 0.132 e. The van der Waals surface area contributed by atoms with Crippen molar-refractivity contribution in [2.24, 2.45) is 0 Å². The first-order valence-electron chi connectivity index (χ1n) is 11.5. The molecule has 5 nitrogen and oxygen atoms in total. The van der Waals surface area contributed by atoms with Gasteiger partial charge in [0.2, 0.25) is 0 Å². The molecule has 3 rings (SSSR count). The lowest BCUT2D eigenvalue weighted by Crippen LogP contribution is -2.35. The highest BCUT2D eigenvalue weighted by Crippen LogP contribution is 2.34. The minimum atomic E-state index is 0.314. The molecule has 1 aromatic carbocycles. The monoisotopic (exact) mass is 466 g/mol. The van der Waals surface area contributed by atoms with Crippen LogP contribution in [0, 0.1) is 13.8 Å². The van der Waals surface area contributed by atoms with Gasteiger partial charge in [-0.1, -0.05) is 18.7 Å². The highest BCUT2D eigenvalue weighted by molar-refractivity contribution is 7.98. The van der Waals surface area contributed by atoms with Crippen LogP contribution in [-0.2, 0) is 4.74 Å². The zero-order valence-corrected chi connectivity index (χ0v) is 21.6. The van der Waals surface area contributed by atoms with Crippen LogP contribution in [0.25, 0.3) is 5.70 Å². The summed E-state index contributed by atoms with van der Waals surface area (Å²) < 4.78 is 5.48. The molecule has 1 unspecified atom stereocenters. The van der Waals surface area contributed by atoms with E-state index in [-0.39, 0.29) is 0 Å². The molecule has 2 heterocycles. The third-order valence-electron chi connectivity index (χ3n) is 6.36. The van der Waals surface area contributed by atoms with Crippen molar-refractivity contribution >= 4 is 29.0 Å². The second kappa shape index (κ2) is 11.6. The van der Waals surface area contributed by atoms with Gasteiger partial charge in [-0.2, -0.15) is 0 Å². The van der Waals surface area contributed by atoms with E-state index in [0.29, 0.717) is 12.6 Å². The molecule has 0 saturated carbocycles. The van der Waals surface area contributed by atoms with E-state index in [4.69, 9.17) is 4.74 Å². The number of allylic oxidation sites excluding steroid dienone is 1. The number of hydrogen-bond donors (Lipinski definition) is 0. The maximum atomic E-state index is 5.48. The summed E-state index contributed by atoms with van der Waals surface area (Å²) in [7, 11) is 3.91. The maximum Gasteiger partial charge on any atom is 0.132 e. The summed E-state index contributed by atoms with van der Waals surface area (Å²) in [5, 5.41) is 0. The number of aromatic nitrogens is 1. The Morgan fingerprint density at radius 2 is 2.09 bits per heavy atom. The van der Waals surface area contributed by atoms with Crippen LogP contribution in [-0.4, -0.2) is 62.7 Å². The highest BCUT2D eigenvalue weighted by Gasteiger charge is 2.25. The Morgan fingerprint density at radius 1 is 1.30 bits per heavy atom. The van der Waals surface area contributed by atoms with E-state index < -0.39 is 0 Å². The molecular weight excluding hydrogens is 428 g/mol. The number of ether oxygens (including phenoxy) is 1. The Hall–Kier alpha value is -2.44. The third-order valence-corrected chi connectivity index (χ3v) is 7.14. The van der Waals surface area contributed by atoms with Crippen LogP contribution < -0.4 is 9.80 Å². The maximum absolute atomic E-state index is 5.48. The van der Waals surface area contributed by atoms with E-state index in [0.717, 1.165) is 44.1 Å². The quantitative estimate of drug-likeness (QED) is 0.317. The molecule has 2 aromatic rings. The second-order valence-corrected chi connectivity index (χ2v) is 9.59. The van der Waals surface area contributed by atoms with Gasteiger partial charge in [0.25, 0.3) is 0 Å². The molecule has 1 atom stereocenters. The average molecular weight is 467 g/mol. The van der Waals surface area contributed by atoms with Gasteiger partial charge in [0.05, 0.1) is 19.3 Å². The Morgan fingerprint density at radius 3 is 2.76 bits per heavy atom. The standard InChI is InChI=1S/C27H38N4OS/c1-8-9-10-24(18-32-6)29(5)23-11-12-25(26(16-23)33-7)22(4)30-13-14-31(19-30)27-21(3)15-20(2)17-28-27/h8,11-12,15-17,24H,1,4,9-10,13-14,18-19H2,2-3,5-7H3. The van der Waals surface area contributed by atoms with Crippen molar-refractivity contribution in [2.45, 2.75) is 37.6 Å². The van der Waals surface area contributed by atoms with Crippen molar-refractivity contribution in [1.82, 2.24) is 9.88 Å². The summed E-state index contributed by atoms with van der Waals surface area (Å²) >= 11 is 1.77. The number of nitrogens with zero attached hydrogens (tertiary/aromatic N) is 4. The van der Waals surface area contributed by atoms with Gasteiger partial charge in [0, 0.05) is 55.3 Å². The molecule has 0 N–H and O–H groups in total. The van der Waals surface area contributed by atoms with Crippen LogP contribution >= 0.6 is 11.8 Å². The van der Waals surface area contributed by atoms with E-state index in [1.165, 1.54) is 27.3 Å². The molecule has 0 amide bonds. The Labute approximate surface area is 204 Å². The predicted octanol–water partition coefficient (Wildman–Crippen LogP) is 5.59. The summed E-state index contributed by atoms with van der Waals surface area (Å²) in [6.07, 6.45) is 8.06. The van der Waals surface area contributed by atoms with Crippen molar-refractivity contribution in [3.05, 3.63) is 66.4 Å². The predicted molar refractivity (Wildman–Crippen MR) is 143 cm³/mol. The zero-order valence-electron chi connectivity index (χ0n) is 20.8. The number of anilines is 2. The minimum absolute atomic E-state index is 0.314. The van der Waals surface area contributed by atoms with Crippen LogP contribution in [0.5, 0.6) is 0 Å². The summed E-state index contributed by atoms with van der Waals surface area (Å²) in [5.74, 6) is 1.07. The topological polar surface area (TPSA) is 31.8 Å². The first-order valence-corrected chi connectivity index (χ1v) is 12.7. The van der Waals surface area contributed by atoms with Crippen LogP contribution in [0.3, 0.4) is 0 Å². The number of benzene rings is 1. The summed E-state index contributed by atoms with van der Waals surface area (Å²) in [6, 6.07) is 9.22. The van der Waals surface area contributed by atoms with E-state index in [1.54, 1.807) is 18.9 Å². The lowest BCUT2D eigenvalue weighted by Gasteiger charge is -2.30. The number of rotatable bonds is 11. The average Bonchev–Trinajstić information content (AvgIpc) is 3.30. The first-order chi connectivity index (χ1) is 15.9. The van der Waals surface area contributed by atoms with Gasteiger partial charge < -0.3 is 19.4 Å². The minimum Gasteiger partial charge on any atom is -0.383 e. The van der Waals surface area contributed by atoms with E-state index in [2.05, 4.69) is 84.3 Å². The first kappa shape index (κ1) is 25.2. The van der Waals surface area contributed by atoms with Crippen molar-refractivity contribution in [1.29, 1.82) is 0 Å². The molecule has 6 heteroatoms. The van der Waals surface area contributed by atoms with E-state index in [1.807, 2.05) is 12.3 Å². The van der Waals surface area contributed by atoms with Gasteiger partial charge in [0.15, 0.2) is 0 Å². The van der Waals surface area contributed by atoms with Crippen molar-refractivity contribution in [3.8, 4) is 0 Å². The largest absolute Gasteiger partial charge is 0.383 e. The highest BCUT2D eigenvalue weighted by atomic mass is 32.2. The van der Waals surface area contributed by atoms with Gasteiger partial charge in [-0.25, -0.2) is 4.98 Å². The molecule has 1 aliphatic heterocycles. The number of aryl methyl sites for hydroxylation is 2. The van der Waals surface area contributed by atoms with Crippen molar-refractivity contribution in [2.75, 3.05) is 56.6 Å². The fourth-order valence-corrected chi connectivity index (χ4v) is 5.08. The van der Waals surface area contributed by atoms with Gasteiger partial charge in [-0.3, -0.25) is 0 Å². The van der Waals surface area contributed by atoms with Crippen LogP contribution in [0.4, 0.5) is 11.5 Å². The molecule has 1 fully saturated rings. The lowest BCUT2D eigenvalue weighted by molar-refractivity contribution is 0.175. The summed E-state index contributed by atoms with van der Waals surface area (Å²) in [4.78, 5) is 13.0. The molecule has 0 radical (unpaired) electrons. The zero-order chi connectivity index (χ0) is 24.0. The summed E-state index contributed by atoms with van der Waals surface area (Å²) in [5.41, 5.74) is 5.89. The van der Waals surface area contributed by atoms with Crippen LogP contribution in [0.2, 0.25) is 0 Å². The van der Waals surface area contributed by atoms with Gasteiger partial charge in [-0.05, 0) is 62.3 Å². The Balaban J connectivity index is 1.76. The Kier molecular flexibility index (Phi) is 8.87. The molecule has 0 spiro atoms. The molecule has 0 bridgehead atoms. The van der Waals surface area contributed by atoms with Gasteiger partial charge in [0.1, 0.15) is 5.82 Å². The van der Waals surface area contributed by atoms with Crippen LogP contribution in [0.15, 0.2) is 54.6 Å². The fraction of sp³-hybridized carbons (Fsp3) is 0.444. The molecule has 1 saturated heterocycles. The van der Waals surface area contributed by atoms with Gasteiger partial charge >= 0.3 is 0 Å². The SMILES string of the molecule is C=CCCC(COC)N(C)c1ccc(C(=C)N2CCN(c3ncc(C)cc3C)C2)c(SC)c1. The Bertz CT molecular complexity index is 977. The molecule has 1 aliphatic rings. The fourth-order valence-electron chi connectivity index (χ4n) is 4.43. The van der Waals surface area contributed by atoms with Gasteiger partial charge in [-0.15, -0.1) is 18.3 Å². The number of hydrogen-bond acceptors (Lipinski definition) is 6. The number of methoxy groups -OCH3 is 1. The van der Waals surface area contributed by atoms with Crippen molar-refractivity contribution < 1.29 is 4.74 Å². The number of pyridine rings is 1. The second-order valence-electron chi connectivity index (χ2n) is 8.74. The number of thioether (sulfide) groups is 1. The lowest BCUT2D eigenvalue weighted by atomic mass is 10.1. The van der Waals surface area contributed by atoms with E-state index >= 15 is 0 Å². The molecule has 33 heavy (non-hydrogen) atoms. The number of likely N-dealkylation sites (N-methyl/N-ethyl adjacent to an activating group) is 1. The van der Waals surface area contributed by atoms with Crippen molar-refractivity contribution in [3.63, 3.8) is 0 Å². The molecular formula is C27H38N4OS. The van der Waals surface area contributed by atoms with Crippen LogP contribution in [0.1, 0.15) is 29.5 Å². The molecule has 0 aliphatic carbocycles. The van der Waals surface area contributed by atoms with E-state index in [9.17, 15) is 0 Å². The molecule has 178 valence electrons.